The maximum atomic E-state index is 10.1. The molecule has 15 N–H and O–H groups in total. The fraction of sp³-hybridized carbons (Fsp3) is 0.833. The van der Waals surface area contributed by atoms with Crippen molar-refractivity contribution >= 4 is 17.9 Å². The molecule has 0 aromatic heterocycles. The van der Waals surface area contributed by atoms with Gasteiger partial charge in [0.05, 0.1) is 0 Å². The van der Waals surface area contributed by atoms with Crippen LogP contribution in [0.2, 0.25) is 0 Å². The molecule has 0 amide bonds. The van der Waals surface area contributed by atoms with Crippen LogP contribution in [0.5, 0.6) is 0 Å². The Morgan fingerprint density at radius 1 is 0.516 bits per heavy atom. The second-order valence-corrected chi connectivity index (χ2v) is 6.69. The number of aliphatic carboxylic acids is 3. The summed E-state index contributed by atoms with van der Waals surface area (Å²) in [6, 6.07) is -2.15. The molecule has 0 aromatic carbocycles. The first-order valence-corrected chi connectivity index (χ1v) is 10.1. The normalized spacial score (nSPS) is 12.6. The fourth-order valence-corrected chi connectivity index (χ4v) is 1.90. The molecule has 0 aliphatic rings. The average Bonchev–Trinajstić information content (AvgIpc) is 2.69. The van der Waals surface area contributed by atoms with Gasteiger partial charge >= 0.3 is 17.9 Å². The van der Waals surface area contributed by atoms with Gasteiger partial charge in [0.15, 0.2) is 0 Å². The van der Waals surface area contributed by atoms with E-state index in [9.17, 15) is 14.4 Å². The molecule has 0 spiro atoms. The van der Waals surface area contributed by atoms with Crippen molar-refractivity contribution in [1.82, 2.24) is 0 Å². The molecular weight excluding hydrogens is 451 g/mol. The minimum absolute atomic E-state index is 0. The number of carboxylic acid groups (broad SMARTS) is 3. The first-order chi connectivity index (χ1) is 14.0. The standard InChI is InChI=1S/3C6H14N2O2.Mn/c3*7-4-2-1-3-5(8)6(9)10;/h3*5H,1-4,7-8H2,(H,9,10);/t3*5-;/m000./s1. The van der Waals surface area contributed by atoms with Gasteiger partial charge in [-0.05, 0) is 58.2 Å². The van der Waals surface area contributed by atoms with Crippen molar-refractivity contribution < 1.29 is 46.8 Å². The van der Waals surface area contributed by atoms with E-state index in [1.54, 1.807) is 0 Å². The van der Waals surface area contributed by atoms with Crippen LogP contribution in [0.25, 0.3) is 0 Å². The summed E-state index contributed by atoms with van der Waals surface area (Å²) < 4.78 is 0. The van der Waals surface area contributed by atoms with Gasteiger partial charge in [-0.3, -0.25) is 14.4 Å². The zero-order valence-electron chi connectivity index (χ0n) is 18.1. The first kappa shape index (κ1) is 37.0. The van der Waals surface area contributed by atoms with Crippen molar-refractivity contribution in [2.45, 2.75) is 75.9 Å². The zero-order valence-corrected chi connectivity index (χ0v) is 19.3. The SMILES string of the molecule is NCCCC[C@H](N)C(=O)O.NCCCC[C@H](N)C(=O)O.NCCCC[C@H](N)C(=O)O.[Mn]. The Morgan fingerprint density at radius 3 is 0.839 bits per heavy atom. The molecule has 0 aliphatic carbocycles. The van der Waals surface area contributed by atoms with Crippen molar-refractivity contribution in [1.29, 1.82) is 0 Å². The van der Waals surface area contributed by atoms with Crippen molar-refractivity contribution in [2.24, 2.45) is 34.4 Å². The largest absolute Gasteiger partial charge is 0.480 e. The third-order valence-electron chi connectivity index (χ3n) is 3.86. The number of rotatable bonds is 15. The van der Waals surface area contributed by atoms with E-state index in [-0.39, 0.29) is 17.1 Å². The molecule has 0 rings (SSSR count). The molecule has 0 saturated heterocycles. The number of carboxylic acids is 3. The van der Waals surface area contributed by atoms with E-state index in [0.29, 0.717) is 38.9 Å². The molecule has 0 bridgehead atoms. The van der Waals surface area contributed by atoms with Gasteiger partial charge in [0.25, 0.3) is 0 Å². The van der Waals surface area contributed by atoms with Crippen LogP contribution in [-0.2, 0) is 31.5 Å². The molecule has 12 nitrogen and oxygen atoms in total. The molecule has 3 atom stereocenters. The van der Waals surface area contributed by atoms with E-state index in [4.69, 9.17) is 49.7 Å². The molecule has 0 aromatic rings. The van der Waals surface area contributed by atoms with Crippen LogP contribution in [0.3, 0.4) is 0 Å². The van der Waals surface area contributed by atoms with Gasteiger partial charge in [0.2, 0.25) is 0 Å². The Balaban J connectivity index is -0.000000174. The average molecular weight is 494 g/mol. The van der Waals surface area contributed by atoms with Crippen molar-refractivity contribution in [3.8, 4) is 0 Å². The third-order valence-corrected chi connectivity index (χ3v) is 3.86. The van der Waals surface area contributed by atoms with Gasteiger partial charge < -0.3 is 49.7 Å². The van der Waals surface area contributed by atoms with E-state index < -0.39 is 36.0 Å². The monoisotopic (exact) mass is 493 g/mol. The van der Waals surface area contributed by atoms with Crippen LogP contribution >= 0.6 is 0 Å². The predicted octanol–water partition coefficient (Wildman–Crippen LogP) is -1.42. The van der Waals surface area contributed by atoms with Crippen LogP contribution < -0.4 is 34.4 Å². The number of nitrogens with two attached hydrogens (primary N) is 6. The summed E-state index contributed by atoms with van der Waals surface area (Å²) in [5.74, 6) is -2.80. The summed E-state index contributed by atoms with van der Waals surface area (Å²) in [7, 11) is 0. The van der Waals surface area contributed by atoms with Crippen LogP contribution in [-0.4, -0.2) is 71.0 Å². The maximum absolute atomic E-state index is 10.1. The molecule has 0 fully saturated rings. The van der Waals surface area contributed by atoms with Crippen molar-refractivity contribution in [2.75, 3.05) is 19.6 Å². The van der Waals surface area contributed by atoms with Gasteiger partial charge in [-0.15, -0.1) is 0 Å². The van der Waals surface area contributed by atoms with Crippen LogP contribution in [0.1, 0.15) is 57.8 Å². The Bertz CT molecular complexity index is 386. The maximum Gasteiger partial charge on any atom is 0.320 e. The number of carbonyl (C=O) groups is 3. The Labute approximate surface area is 194 Å². The topological polar surface area (TPSA) is 268 Å². The van der Waals surface area contributed by atoms with Gasteiger partial charge in [-0.25, -0.2) is 0 Å². The smallest absolute Gasteiger partial charge is 0.320 e. The third kappa shape index (κ3) is 31.0. The molecular formula is C18H42MnN6O6. The van der Waals surface area contributed by atoms with Gasteiger partial charge in [-0.1, -0.05) is 19.3 Å². The van der Waals surface area contributed by atoms with E-state index in [0.717, 1.165) is 38.5 Å². The van der Waals surface area contributed by atoms with Crippen LogP contribution in [0.15, 0.2) is 0 Å². The van der Waals surface area contributed by atoms with E-state index in [2.05, 4.69) is 0 Å². The number of hydrogen-bond acceptors (Lipinski definition) is 9. The molecule has 31 heavy (non-hydrogen) atoms. The van der Waals surface area contributed by atoms with E-state index in [1.165, 1.54) is 0 Å². The summed E-state index contributed by atoms with van der Waals surface area (Å²) in [6.07, 6.45) is 6.49. The summed E-state index contributed by atoms with van der Waals surface area (Å²) in [5.41, 5.74) is 31.3. The second kappa shape index (κ2) is 26.7. The van der Waals surface area contributed by atoms with Gasteiger partial charge in [0, 0.05) is 17.1 Å². The molecule has 1 radical (unpaired) electrons. The Hall–Kier alpha value is -1.31. The summed E-state index contributed by atoms with van der Waals surface area (Å²) in [4.78, 5) is 30.4. The molecule has 0 heterocycles. The van der Waals surface area contributed by atoms with E-state index in [1.807, 2.05) is 0 Å². The number of unbranched alkanes of at least 4 members (excludes halogenated alkanes) is 3. The van der Waals surface area contributed by atoms with Crippen LogP contribution in [0, 0.1) is 0 Å². The Kier molecular flexibility index (Phi) is 31.9. The minimum atomic E-state index is -0.933. The molecule has 13 heteroatoms. The number of hydrogen-bond donors (Lipinski definition) is 9. The molecule has 0 saturated carbocycles. The predicted molar refractivity (Wildman–Crippen MR) is 116 cm³/mol. The van der Waals surface area contributed by atoms with Crippen LogP contribution in [0.4, 0.5) is 0 Å². The summed E-state index contributed by atoms with van der Waals surface area (Å²) in [6.45, 7) is 1.81. The molecule has 187 valence electrons. The molecule has 0 unspecified atom stereocenters. The minimum Gasteiger partial charge on any atom is -0.480 e. The molecule has 0 aliphatic heterocycles. The second-order valence-electron chi connectivity index (χ2n) is 6.69. The van der Waals surface area contributed by atoms with Gasteiger partial charge in [-0.2, -0.15) is 0 Å². The Morgan fingerprint density at radius 2 is 0.710 bits per heavy atom. The van der Waals surface area contributed by atoms with Crippen molar-refractivity contribution in [3.05, 3.63) is 0 Å². The summed E-state index contributed by atoms with van der Waals surface area (Å²) >= 11 is 0. The van der Waals surface area contributed by atoms with Crippen molar-refractivity contribution in [3.63, 3.8) is 0 Å². The quantitative estimate of drug-likeness (QED) is 0.0939. The van der Waals surface area contributed by atoms with Gasteiger partial charge in [0.1, 0.15) is 18.1 Å². The van der Waals surface area contributed by atoms with E-state index >= 15 is 0 Å². The zero-order chi connectivity index (χ0) is 23.9. The summed E-state index contributed by atoms with van der Waals surface area (Å²) in [5, 5.41) is 25.0. The first-order valence-electron chi connectivity index (χ1n) is 10.1. The fourth-order valence-electron chi connectivity index (χ4n) is 1.90.